The highest BCUT2D eigenvalue weighted by atomic mass is 16.3. The zero-order chi connectivity index (χ0) is 20.4. The van der Waals surface area contributed by atoms with Gasteiger partial charge in [0.2, 0.25) is 0 Å². The lowest BCUT2D eigenvalue weighted by Gasteiger charge is -2.14. The molecule has 4 N–H and O–H groups in total. The number of aromatic nitrogens is 4. The predicted molar refractivity (Wildman–Crippen MR) is 112 cm³/mol. The number of aryl methyl sites for hydroxylation is 2. The van der Waals surface area contributed by atoms with Crippen molar-refractivity contribution >= 4 is 28.2 Å². The van der Waals surface area contributed by atoms with Crippen molar-refractivity contribution in [1.29, 1.82) is 0 Å². The van der Waals surface area contributed by atoms with Gasteiger partial charge in [-0.1, -0.05) is 18.2 Å². The van der Waals surface area contributed by atoms with E-state index >= 15 is 0 Å². The summed E-state index contributed by atoms with van der Waals surface area (Å²) in [7, 11) is 0. The largest absolute Gasteiger partial charge is 0.394 e. The molecular weight excluding hydrogens is 368 g/mol. The maximum atomic E-state index is 9.45. The van der Waals surface area contributed by atoms with Gasteiger partial charge in [0.1, 0.15) is 17.4 Å². The van der Waals surface area contributed by atoms with Gasteiger partial charge in [-0.15, -0.1) is 0 Å². The van der Waals surface area contributed by atoms with E-state index in [-0.39, 0.29) is 6.61 Å². The summed E-state index contributed by atoms with van der Waals surface area (Å²) in [4.78, 5) is 13.8. The van der Waals surface area contributed by atoms with Crippen LogP contribution in [0.2, 0.25) is 0 Å². The van der Waals surface area contributed by atoms with Crippen molar-refractivity contribution in [3.05, 3.63) is 59.7 Å². The van der Waals surface area contributed by atoms with Crippen LogP contribution in [0.3, 0.4) is 0 Å². The van der Waals surface area contributed by atoms with Crippen LogP contribution in [0.25, 0.3) is 16.7 Å². The third kappa shape index (κ3) is 3.91. The van der Waals surface area contributed by atoms with Crippen LogP contribution in [0.15, 0.2) is 42.9 Å². The number of fused-ring (bicyclic) bond motifs is 3. The second kappa shape index (κ2) is 8.12. The van der Waals surface area contributed by atoms with E-state index in [1.54, 1.807) is 12.5 Å². The summed E-state index contributed by atoms with van der Waals surface area (Å²) in [5.41, 5.74) is 6.46. The van der Waals surface area contributed by atoms with E-state index in [0.29, 0.717) is 18.7 Å². The Morgan fingerprint density at radius 2 is 1.90 bits per heavy atom. The molecule has 1 aromatic carbocycles. The molecular formula is C21H24N6O2. The molecule has 3 aromatic heterocycles. The van der Waals surface area contributed by atoms with Crippen LogP contribution in [0.5, 0.6) is 0 Å². The average molecular weight is 392 g/mol. The third-order valence-corrected chi connectivity index (χ3v) is 4.88. The van der Waals surface area contributed by atoms with Crippen molar-refractivity contribution in [1.82, 2.24) is 24.7 Å². The molecule has 0 saturated carbocycles. The quantitative estimate of drug-likeness (QED) is 0.381. The van der Waals surface area contributed by atoms with E-state index in [0.717, 1.165) is 39.4 Å². The summed E-state index contributed by atoms with van der Waals surface area (Å²) in [6.45, 7) is 4.64. The fourth-order valence-electron chi connectivity index (χ4n) is 3.31. The van der Waals surface area contributed by atoms with E-state index in [2.05, 4.69) is 41.6 Å². The van der Waals surface area contributed by atoms with Crippen LogP contribution in [0.1, 0.15) is 16.8 Å². The lowest BCUT2D eigenvalue weighted by atomic mass is 10.1. The lowest BCUT2D eigenvalue weighted by molar-refractivity contribution is 0.0941. The summed E-state index contributed by atoms with van der Waals surface area (Å²) < 4.78 is 1.92. The molecule has 0 amide bonds. The van der Waals surface area contributed by atoms with Gasteiger partial charge in [0, 0.05) is 18.8 Å². The Kier molecular flexibility index (Phi) is 5.39. The van der Waals surface area contributed by atoms with E-state index in [4.69, 9.17) is 15.1 Å². The van der Waals surface area contributed by atoms with E-state index in [1.807, 2.05) is 22.6 Å². The van der Waals surface area contributed by atoms with Gasteiger partial charge in [-0.25, -0.2) is 15.0 Å². The van der Waals surface area contributed by atoms with Crippen molar-refractivity contribution in [2.45, 2.75) is 26.5 Å². The highest BCUT2D eigenvalue weighted by molar-refractivity contribution is 5.84. The van der Waals surface area contributed by atoms with Crippen molar-refractivity contribution < 1.29 is 10.2 Å². The predicted octanol–water partition coefficient (Wildman–Crippen LogP) is 2.08. The van der Waals surface area contributed by atoms with Crippen LogP contribution in [0, 0.1) is 13.8 Å². The zero-order valence-electron chi connectivity index (χ0n) is 16.4. The Morgan fingerprint density at radius 3 is 2.66 bits per heavy atom. The van der Waals surface area contributed by atoms with Crippen molar-refractivity contribution in [3.63, 3.8) is 0 Å². The van der Waals surface area contributed by atoms with E-state index in [1.165, 1.54) is 0 Å². The summed E-state index contributed by atoms with van der Waals surface area (Å²) in [5.74, 6) is 0.728. The number of nitrogens with zero attached hydrogens (tertiary/aromatic N) is 4. The summed E-state index contributed by atoms with van der Waals surface area (Å²) in [6, 6.07) is 10.0. The van der Waals surface area contributed by atoms with Crippen molar-refractivity contribution in [2.24, 2.45) is 0 Å². The second-order valence-corrected chi connectivity index (χ2v) is 7.11. The molecule has 29 heavy (non-hydrogen) atoms. The third-order valence-electron chi connectivity index (χ3n) is 4.88. The number of hydrogen-bond acceptors (Lipinski definition) is 7. The number of hydrogen-bond donors (Lipinski definition) is 4. The number of anilines is 2. The van der Waals surface area contributed by atoms with Gasteiger partial charge in [0.15, 0.2) is 11.5 Å². The first-order valence-electron chi connectivity index (χ1n) is 9.51. The number of nitrogens with one attached hydrogen (secondary N) is 2. The molecule has 0 saturated heterocycles. The number of para-hydroxylation sites is 1. The van der Waals surface area contributed by atoms with Gasteiger partial charge >= 0.3 is 0 Å². The number of benzene rings is 1. The molecule has 0 aliphatic heterocycles. The van der Waals surface area contributed by atoms with Crippen LogP contribution in [-0.4, -0.2) is 48.8 Å². The van der Waals surface area contributed by atoms with Gasteiger partial charge < -0.3 is 20.8 Å². The lowest BCUT2D eigenvalue weighted by Crippen LogP contribution is -2.29. The van der Waals surface area contributed by atoms with Crippen LogP contribution < -0.4 is 10.6 Å². The summed E-state index contributed by atoms with van der Waals surface area (Å²) >= 11 is 0. The normalized spacial score (nSPS) is 12.6. The molecule has 8 nitrogen and oxygen atoms in total. The molecule has 0 aliphatic carbocycles. The summed E-state index contributed by atoms with van der Waals surface area (Å²) in [6.07, 6.45) is 2.72. The number of imidazole rings is 1. The highest BCUT2D eigenvalue weighted by Gasteiger charge is 2.13. The Balaban J connectivity index is 1.69. The molecule has 8 heteroatoms. The number of rotatable bonds is 7. The van der Waals surface area contributed by atoms with Crippen molar-refractivity contribution in [2.75, 3.05) is 18.5 Å². The van der Waals surface area contributed by atoms with Crippen LogP contribution in [0.4, 0.5) is 11.5 Å². The molecule has 0 spiro atoms. The van der Waals surface area contributed by atoms with Crippen molar-refractivity contribution in [3.8, 4) is 0 Å². The molecule has 1 atom stereocenters. The molecule has 4 rings (SSSR count). The minimum absolute atomic E-state index is 0.270. The fraction of sp³-hybridized carbons (Fsp3) is 0.286. The number of aliphatic hydroxyl groups excluding tert-OH is 2. The fourth-order valence-corrected chi connectivity index (χ4v) is 3.31. The topological polar surface area (TPSA) is 108 Å². The summed E-state index contributed by atoms with van der Waals surface area (Å²) in [5, 5.41) is 24.9. The first kappa shape index (κ1) is 19.3. The Labute approximate surface area is 168 Å². The van der Waals surface area contributed by atoms with Gasteiger partial charge in [-0.3, -0.25) is 4.40 Å². The number of aliphatic hydroxyl groups is 2. The van der Waals surface area contributed by atoms with Gasteiger partial charge in [0.05, 0.1) is 24.6 Å². The average Bonchev–Trinajstić information content (AvgIpc) is 3.21. The SMILES string of the molecule is Cc1cccc(C)c1Nc1nc2ccc(CNC[C@@H](O)CO)nc2n2cncc12. The minimum atomic E-state index is -0.781. The van der Waals surface area contributed by atoms with E-state index < -0.39 is 6.10 Å². The molecule has 4 aromatic rings. The monoisotopic (exact) mass is 392 g/mol. The Morgan fingerprint density at radius 1 is 1.10 bits per heavy atom. The maximum absolute atomic E-state index is 9.45. The number of pyridine rings is 1. The van der Waals surface area contributed by atoms with Crippen LogP contribution >= 0.6 is 0 Å². The van der Waals surface area contributed by atoms with Gasteiger partial charge in [-0.2, -0.15) is 0 Å². The molecule has 0 bridgehead atoms. The maximum Gasteiger partial charge on any atom is 0.164 e. The second-order valence-electron chi connectivity index (χ2n) is 7.11. The Bertz CT molecular complexity index is 1140. The first-order chi connectivity index (χ1) is 14.1. The minimum Gasteiger partial charge on any atom is -0.394 e. The Hall–Kier alpha value is -3.07. The molecule has 150 valence electrons. The van der Waals surface area contributed by atoms with Gasteiger partial charge in [0.25, 0.3) is 0 Å². The molecule has 3 heterocycles. The van der Waals surface area contributed by atoms with E-state index in [9.17, 15) is 5.11 Å². The molecule has 0 fully saturated rings. The standard InChI is InChI=1S/C21H24N6O2/c1-13-4-3-5-14(2)19(13)26-20-18-10-23-12-27(18)21-17(25-20)7-6-15(24-21)8-22-9-16(29)11-28/h3-7,10,12,16,22,28-29H,8-9,11H2,1-2H3,(H,25,26)/t16-/m1/s1. The highest BCUT2D eigenvalue weighted by Crippen LogP contribution is 2.27. The first-order valence-corrected chi connectivity index (χ1v) is 9.51. The molecule has 0 aliphatic rings. The molecule has 0 radical (unpaired) electrons. The van der Waals surface area contributed by atoms with Gasteiger partial charge in [-0.05, 0) is 37.1 Å². The molecule has 0 unspecified atom stereocenters. The zero-order valence-corrected chi connectivity index (χ0v) is 16.4. The van der Waals surface area contributed by atoms with Crippen LogP contribution in [-0.2, 0) is 6.54 Å². The smallest absolute Gasteiger partial charge is 0.164 e.